The first-order chi connectivity index (χ1) is 18.5. The molecule has 0 aliphatic carbocycles. The molecule has 8 heteroatoms. The quantitative estimate of drug-likeness (QED) is 0.239. The van der Waals surface area contributed by atoms with Crippen LogP contribution in [0.5, 0.6) is 0 Å². The van der Waals surface area contributed by atoms with Crippen LogP contribution in [0, 0.1) is 0 Å². The maximum Gasteiger partial charge on any atom is 0.489 e. The van der Waals surface area contributed by atoms with Gasteiger partial charge in [-0.2, -0.15) is 0 Å². The Morgan fingerprint density at radius 1 is 0.667 bits per heavy atom. The number of hydrogen-bond acceptors (Lipinski definition) is 6. The second kappa shape index (κ2) is 10.2. The summed E-state index contributed by atoms with van der Waals surface area (Å²) in [6.07, 6.45) is 0. The molecule has 0 aliphatic rings. The molecule has 0 saturated carbocycles. The van der Waals surface area contributed by atoms with Gasteiger partial charge in [0, 0.05) is 27.7 Å². The maximum atomic E-state index is 10.4. The summed E-state index contributed by atoms with van der Waals surface area (Å²) in [4.78, 5) is 2.11. The fourth-order valence-electron chi connectivity index (χ4n) is 5.37. The number of fused-ring (bicyclic) bond motifs is 3. The fraction of sp³-hybridized carbons (Fsp3) is 0.226. The maximum absolute atomic E-state index is 10.4. The average Bonchev–Trinajstić information content (AvgIpc) is 3.29. The number of rotatable bonds is 6. The Kier molecular flexibility index (Phi) is 7.08. The molecule has 0 radical (unpaired) electrons. The number of furan rings is 1. The average molecular weight is 521 g/mol. The van der Waals surface area contributed by atoms with E-state index < -0.39 is 14.2 Å². The van der Waals surface area contributed by atoms with E-state index in [1.807, 2.05) is 54.6 Å². The van der Waals surface area contributed by atoms with Crippen LogP contribution in [0.15, 0.2) is 83.3 Å². The summed E-state index contributed by atoms with van der Waals surface area (Å²) in [7, 11) is -3.57. The standard InChI is InChI=1S/C31H33B2NO5/c1-19(2)21-13-9-10-14-25(21)34(20-11-7-6-8-12-20)26-18-17-24(33(37)38)28-27-23(32(35)36)16-15-22(31(3,4)5)29(27)39-30(26)28/h6-19,35-38H,1-5H3. The Labute approximate surface area is 229 Å². The van der Waals surface area contributed by atoms with Crippen LogP contribution in [0.3, 0.4) is 0 Å². The van der Waals surface area contributed by atoms with Crippen molar-refractivity contribution in [1.82, 2.24) is 0 Å². The molecule has 0 fully saturated rings. The molecule has 0 aliphatic heterocycles. The number of benzene rings is 4. The van der Waals surface area contributed by atoms with Crippen LogP contribution in [0.4, 0.5) is 17.1 Å². The lowest BCUT2D eigenvalue weighted by Gasteiger charge is -2.29. The second-order valence-electron chi connectivity index (χ2n) is 11.3. The first-order valence-corrected chi connectivity index (χ1v) is 13.2. The highest BCUT2D eigenvalue weighted by molar-refractivity contribution is 6.66. The van der Waals surface area contributed by atoms with Crippen LogP contribution < -0.4 is 15.8 Å². The van der Waals surface area contributed by atoms with E-state index in [4.69, 9.17) is 4.42 Å². The Balaban J connectivity index is 1.97. The lowest BCUT2D eigenvalue weighted by atomic mass is 9.71. The molecular formula is C31H33B2NO5. The minimum Gasteiger partial charge on any atom is -0.454 e. The summed E-state index contributed by atoms with van der Waals surface area (Å²) in [5.74, 6) is 0.237. The third-order valence-corrected chi connectivity index (χ3v) is 7.23. The summed E-state index contributed by atoms with van der Waals surface area (Å²) < 4.78 is 6.66. The van der Waals surface area contributed by atoms with Gasteiger partial charge < -0.3 is 29.4 Å². The molecule has 1 aromatic heterocycles. The van der Waals surface area contributed by atoms with Gasteiger partial charge in [-0.3, -0.25) is 0 Å². The van der Waals surface area contributed by atoms with Crippen molar-refractivity contribution in [1.29, 1.82) is 0 Å². The highest BCUT2D eigenvalue weighted by Gasteiger charge is 2.31. The lowest BCUT2D eigenvalue weighted by molar-refractivity contribution is 0.424. The molecule has 4 N–H and O–H groups in total. The van der Waals surface area contributed by atoms with Gasteiger partial charge in [-0.15, -0.1) is 0 Å². The van der Waals surface area contributed by atoms with Crippen LogP contribution in [0.1, 0.15) is 51.7 Å². The molecule has 1 heterocycles. The molecule has 0 unspecified atom stereocenters. The molecule has 198 valence electrons. The van der Waals surface area contributed by atoms with Crippen LogP contribution in [-0.2, 0) is 5.41 Å². The molecule has 0 saturated heterocycles. The third kappa shape index (κ3) is 4.74. The zero-order valence-electron chi connectivity index (χ0n) is 22.9. The largest absolute Gasteiger partial charge is 0.489 e. The van der Waals surface area contributed by atoms with Crippen molar-refractivity contribution < 1.29 is 24.5 Å². The van der Waals surface area contributed by atoms with Gasteiger partial charge in [0.2, 0.25) is 0 Å². The molecular weight excluding hydrogens is 488 g/mol. The summed E-state index contributed by atoms with van der Waals surface area (Å²) in [6.45, 7) is 10.5. The van der Waals surface area contributed by atoms with Gasteiger partial charge in [-0.1, -0.05) is 89.2 Å². The van der Waals surface area contributed by atoms with E-state index in [1.54, 1.807) is 12.1 Å². The molecule has 4 aromatic carbocycles. The minimum atomic E-state index is -1.79. The highest BCUT2D eigenvalue weighted by atomic mass is 16.4. The smallest absolute Gasteiger partial charge is 0.454 e. The van der Waals surface area contributed by atoms with E-state index in [9.17, 15) is 20.1 Å². The number of nitrogens with zero attached hydrogens (tertiary/aromatic N) is 1. The van der Waals surface area contributed by atoms with Gasteiger partial charge in [-0.05, 0) is 52.1 Å². The van der Waals surface area contributed by atoms with Crippen molar-refractivity contribution in [2.45, 2.75) is 46.0 Å². The van der Waals surface area contributed by atoms with E-state index in [0.29, 0.717) is 27.6 Å². The van der Waals surface area contributed by atoms with E-state index in [1.165, 1.54) is 0 Å². The van der Waals surface area contributed by atoms with E-state index in [2.05, 4.69) is 51.7 Å². The van der Waals surface area contributed by atoms with Crippen molar-refractivity contribution in [3.8, 4) is 0 Å². The molecule has 0 bridgehead atoms. The normalized spacial score (nSPS) is 11.9. The third-order valence-electron chi connectivity index (χ3n) is 7.23. The molecule has 39 heavy (non-hydrogen) atoms. The summed E-state index contributed by atoms with van der Waals surface area (Å²) in [5.41, 5.74) is 5.64. The topological polar surface area (TPSA) is 97.3 Å². The van der Waals surface area contributed by atoms with Crippen LogP contribution in [0.25, 0.3) is 21.9 Å². The number of para-hydroxylation sites is 2. The van der Waals surface area contributed by atoms with Gasteiger partial charge in [0.25, 0.3) is 0 Å². The zero-order chi connectivity index (χ0) is 28.1. The first kappa shape index (κ1) is 27.0. The SMILES string of the molecule is CC(C)c1ccccc1N(c1ccccc1)c1ccc(B(O)O)c2c1oc1c(C(C)(C)C)ccc(B(O)O)c12. The molecule has 5 rings (SSSR count). The minimum absolute atomic E-state index is 0.227. The zero-order valence-corrected chi connectivity index (χ0v) is 22.9. The van der Waals surface area contributed by atoms with Crippen molar-refractivity contribution in [2.24, 2.45) is 0 Å². The highest BCUT2D eigenvalue weighted by Crippen LogP contribution is 2.44. The fourth-order valence-corrected chi connectivity index (χ4v) is 5.37. The molecule has 6 nitrogen and oxygen atoms in total. The summed E-state index contributed by atoms with van der Waals surface area (Å²) in [5, 5.41) is 42.4. The van der Waals surface area contributed by atoms with E-state index >= 15 is 0 Å². The second-order valence-corrected chi connectivity index (χ2v) is 11.3. The van der Waals surface area contributed by atoms with E-state index in [-0.39, 0.29) is 22.3 Å². The number of anilines is 3. The van der Waals surface area contributed by atoms with Crippen molar-refractivity contribution >= 4 is 64.2 Å². The lowest BCUT2D eigenvalue weighted by Crippen LogP contribution is -2.34. The predicted octanol–water partition coefficient (Wildman–Crippen LogP) is 4.84. The van der Waals surface area contributed by atoms with Gasteiger partial charge >= 0.3 is 14.2 Å². The van der Waals surface area contributed by atoms with E-state index in [0.717, 1.165) is 22.5 Å². The van der Waals surface area contributed by atoms with Crippen LogP contribution in [0.2, 0.25) is 0 Å². The Hall–Kier alpha value is -3.55. The predicted molar refractivity (Wildman–Crippen MR) is 161 cm³/mol. The molecule has 0 atom stereocenters. The van der Waals surface area contributed by atoms with Gasteiger partial charge in [0.05, 0.1) is 5.69 Å². The molecule has 5 aromatic rings. The molecule has 0 amide bonds. The van der Waals surface area contributed by atoms with Gasteiger partial charge in [-0.25, -0.2) is 0 Å². The van der Waals surface area contributed by atoms with Gasteiger partial charge in [0.15, 0.2) is 5.58 Å². The Morgan fingerprint density at radius 2 is 1.23 bits per heavy atom. The van der Waals surface area contributed by atoms with Crippen LogP contribution >= 0.6 is 0 Å². The number of hydrogen-bond donors (Lipinski definition) is 4. The van der Waals surface area contributed by atoms with Crippen molar-refractivity contribution in [3.05, 3.63) is 90.0 Å². The first-order valence-electron chi connectivity index (χ1n) is 13.2. The van der Waals surface area contributed by atoms with Gasteiger partial charge in [0.1, 0.15) is 5.58 Å². The monoisotopic (exact) mass is 521 g/mol. The van der Waals surface area contributed by atoms with Crippen LogP contribution in [-0.4, -0.2) is 34.3 Å². The summed E-state index contributed by atoms with van der Waals surface area (Å²) >= 11 is 0. The Bertz CT molecular complexity index is 1640. The Morgan fingerprint density at radius 3 is 1.82 bits per heavy atom. The summed E-state index contributed by atoms with van der Waals surface area (Å²) in [6, 6.07) is 25.1. The van der Waals surface area contributed by atoms with Crippen molar-refractivity contribution in [2.75, 3.05) is 4.90 Å². The molecule has 0 spiro atoms. The van der Waals surface area contributed by atoms with Crippen molar-refractivity contribution in [3.63, 3.8) is 0 Å².